The summed E-state index contributed by atoms with van der Waals surface area (Å²) >= 11 is 0. The van der Waals surface area contributed by atoms with Crippen LogP contribution in [-0.2, 0) is 4.79 Å². The van der Waals surface area contributed by atoms with Crippen LogP contribution in [0.25, 0.3) is 0 Å². The van der Waals surface area contributed by atoms with Crippen molar-refractivity contribution in [2.75, 3.05) is 6.54 Å². The number of carbonyl (C=O) groups excluding carboxylic acids is 1. The van der Waals surface area contributed by atoms with Crippen molar-refractivity contribution >= 4 is 11.9 Å². The fourth-order valence-corrected chi connectivity index (χ4v) is 1.70. The molecule has 104 valence electrons. The molecule has 0 radical (unpaired) electrons. The minimum absolute atomic E-state index is 0.361. The quantitative estimate of drug-likeness (QED) is 0.647. The zero-order chi connectivity index (χ0) is 14.3. The Hall–Kier alpha value is -1.88. The number of carboxylic acid groups (broad SMARTS) is 1. The van der Waals surface area contributed by atoms with Gasteiger partial charge in [0.1, 0.15) is 6.04 Å². The third-order valence-electron chi connectivity index (χ3n) is 2.86. The van der Waals surface area contributed by atoms with Gasteiger partial charge in [-0.2, -0.15) is 0 Å². The third kappa shape index (κ3) is 5.09. The summed E-state index contributed by atoms with van der Waals surface area (Å²) in [6.45, 7) is 2.45. The first-order valence-electron chi connectivity index (χ1n) is 6.35. The summed E-state index contributed by atoms with van der Waals surface area (Å²) in [7, 11) is 0. The number of hydrogen-bond acceptors (Lipinski definition) is 3. The molecule has 1 amide bonds. The number of rotatable bonds is 7. The molecule has 0 aliphatic rings. The number of amides is 1. The largest absolute Gasteiger partial charge is 0.480 e. The Labute approximate surface area is 112 Å². The lowest BCUT2D eigenvalue weighted by Crippen LogP contribution is -2.40. The van der Waals surface area contributed by atoms with Crippen molar-refractivity contribution in [2.24, 2.45) is 5.73 Å². The number of aryl methyl sites for hydroxylation is 1. The van der Waals surface area contributed by atoms with Crippen LogP contribution >= 0.6 is 0 Å². The Balaban J connectivity index is 2.60. The van der Waals surface area contributed by atoms with Crippen molar-refractivity contribution < 1.29 is 14.7 Å². The zero-order valence-corrected chi connectivity index (χ0v) is 11.1. The Morgan fingerprint density at radius 2 is 1.89 bits per heavy atom. The highest BCUT2D eigenvalue weighted by molar-refractivity contribution is 5.96. The van der Waals surface area contributed by atoms with E-state index in [1.807, 2.05) is 19.1 Å². The van der Waals surface area contributed by atoms with Crippen molar-refractivity contribution in [1.82, 2.24) is 5.32 Å². The predicted octanol–water partition coefficient (Wildman–Crippen LogP) is 1.31. The second-order valence-electron chi connectivity index (χ2n) is 4.51. The molecule has 0 heterocycles. The minimum atomic E-state index is -1.02. The Kier molecular flexibility index (Phi) is 6.02. The Morgan fingerprint density at radius 1 is 1.26 bits per heavy atom. The normalized spacial score (nSPS) is 11.9. The van der Waals surface area contributed by atoms with E-state index < -0.39 is 12.0 Å². The maximum absolute atomic E-state index is 11.9. The second-order valence-corrected chi connectivity index (χ2v) is 4.51. The molecular formula is C14H20N2O3. The van der Waals surface area contributed by atoms with Gasteiger partial charge in [-0.15, -0.1) is 0 Å². The number of nitrogens with two attached hydrogens (primary N) is 1. The molecule has 0 bridgehead atoms. The third-order valence-corrected chi connectivity index (χ3v) is 2.86. The van der Waals surface area contributed by atoms with Crippen LogP contribution in [-0.4, -0.2) is 29.6 Å². The van der Waals surface area contributed by atoms with Gasteiger partial charge in [-0.3, -0.25) is 4.79 Å². The van der Waals surface area contributed by atoms with E-state index in [0.717, 1.165) is 12.0 Å². The highest BCUT2D eigenvalue weighted by Crippen LogP contribution is 2.06. The summed E-state index contributed by atoms with van der Waals surface area (Å²) in [5, 5.41) is 11.6. The molecule has 0 aliphatic carbocycles. The van der Waals surface area contributed by atoms with Crippen LogP contribution in [0, 0.1) is 6.92 Å². The zero-order valence-electron chi connectivity index (χ0n) is 11.1. The monoisotopic (exact) mass is 264 g/mol. The number of hydrogen-bond donors (Lipinski definition) is 3. The van der Waals surface area contributed by atoms with Crippen LogP contribution in [0.3, 0.4) is 0 Å². The Morgan fingerprint density at radius 3 is 2.42 bits per heavy atom. The summed E-state index contributed by atoms with van der Waals surface area (Å²) in [6, 6.07) is 6.14. The first-order chi connectivity index (χ1) is 9.04. The minimum Gasteiger partial charge on any atom is -0.480 e. The second kappa shape index (κ2) is 7.53. The van der Waals surface area contributed by atoms with Gasteiger partial charge in [-0.1, -0.05) is 17.7 Å². The number of nitrogens with one attached hydrogen (secondary N) is 1. The number of benzene rings is 1. The van der Waals surface area contributed by atoms with Gasteiger partial charge in [0.05, 0.1) is 0 Å². The molecule has 0 fully saturated rings. The molecule has 0 saturated heterocycles. The van der Waals surface area contributed by atoms with Gasteiger partial charge in [0.25, 0.3) is 5.91 Å². The van der Waals surface area contributed by atoms with Gasteiger partial charge in [0.2, 0.25) is 0 Å². The van der Waals surface area contributed by atoms with E-state index in [0.29, 0.717) is 24.9 Å². The van der Waals surface area contributed by atoms with Crippen LogP contribution in [0.4, 0.5) is 0 Å². The highest BCUT2D eigenvalue weighted by Gasteiger charge is 2.19. The van der Waals surface area contributed by atoms with Gasteiger partial charge in [-0.05, 0) is 44.9 Å². The summed E-state index contributed by atoms with van der Waals surface area (Å²) in [5.41, 5.74) is 6.88. The van der Waals surface area contributed by atoms with Crippen molar-refractivity contribution in [3.63, 3.8) is 0 Å². The van der Waals surface area contributed by atoms with Crippen molar-refractivity contribution in [1.29, 1.82) is 0 Å². The van der Waals surface area contributed by atoms with Gasteiger partial charge in [0.15, 0.2) is 0 Å². The van der Waals surface area contributed by atoms with Gasteiger partial charge < -0.3 is 16.2 Å². The molecule has 1 atom stereocenters. The van der Waals surface area contributed by atoms with Gasteiger partial charge in [0, 0.05) is 5.56 Å². The van der Waals surface area contributed by atoms with Gasteiger partial charge >= 0.3 is 5.97 Å². The summed E-state index contributed by atoms with van der Waals surface area (Å²) in [4.78, 5) is 23.0. The van der Waals surface area contributed by atoms with Crippen LogP contribution in [0.5, 0.6) is 0 Å². The SMILES string of the molecule is Cc1ccc(C(=O)N[C@@H](CCCCN)C(=O)O)cc1. The summed E-state index contributed by atoms with van der Waals surface area (Å²) in [5.74, 6) is -1.38. The lowest BCUT2D eigenvalue weighted by Gasteiger charge is -2.14. The van der Waals surface area contributed by atoms with Crippen LogP contribution in [0.1, 0.15) is 35.2 Å². The molecule has 0 saturated carbocycles. The van der Waals surface area contributed by atoms with E-state index in [1.54, 1.807) is 12.1 Å². The highest BCUT2D eigenvalue weighted by atomic mass is 16.4. The molecule has 1 aromatic carbocycles. The number of unbranched alkanes of at least 4 members (excludes halogenated alkanes) is 1. The fraction of sp³-hybridized carbons (Fsp3) is 0.429. The van der Waals surface area contributed by atoms with E-state index in [9.17, 15) is 9.59 Å². The molecule has 0 spiro atoms. The van der Waals surface area contributed by atoms with Crippen molar-refractivity contribution in [3.8, 4) is 0 Å². The molecule has 1 aromatic rings. The molecule has 4 N–H and O–H groups in total. The fourth-order valence-electron chi connectivity index (χ4n) is 1.70. The number of carbonyl (C=O) groups is 2. The molecule has 0 aromatic heterocycles. The topological polar surface area (TPSA) is 92.4 Å². The average Bonchev–Trinajstić information content (AvgIpc) is 2.38. The van der Waals surface area contributed by atoms with Crippen LogP contribution < -0.4 is 11.1 Å². The van der Waals surface area contributed by atoms with Crippen molar-refractivity contribution in [3.05, 3.63) is 35.4 Å². The molecule has 1 rings (SSSR count). The maximum atomic E-state index is 11.9. The number of aliphatic carboxylic acids is 1. The first kappa shape index (κ1) is 15.2. The smallest absolute Gasteiger partial charge is 0.326 e. The van der Waals surface area contributed by atoms with E-state index >= 15 is 0 Å². The molecule has 19 heavy (non-hydrogen) atoms. The van der Waals surface area contributed by atoms with E-state index in [2.05, 4.69) is 5.32 Å². The standard InChI is InChI=1S/C14H20N2O3/c1-10-5-7-11(8-6-10)13(17)16-12(14(18)19)4-2-3-9-15/h5-8,12H,2-4,9,15H2,1H3,(H,16,17)(H,18,19)/t12-/m0/s1. The number of carboxylic acids is 1. The lowest BCUT2D eigenvalue weighted by molar-refractivity contribution is -0.139. The van der Waals surface area contributed by atoms with Gasteiger partial charge in [-0.25, -0.2) is 4.79 Å². The van der Waals surface area contributed by atoms with E-state index in [4.69, 9.17) is 10.8 Å². The Bertz CT molecular complexity index is 429. The molecular weight excluding hydrogens is 244 g/mol. The predicted molar refractivity (Wildman–Crippen MR) is 73.0 cm³/mol. The van der Waals surface area contributed by atoms with Crippen molar-refractivity contribution in [2.45, 2.75) is 32.2 Å². The summed E-state index contributed by atoms with van der Waals surface area (Å²) in [6.07, 6.45) is 1.83. The molecule has 5 nitrogen and oxygen atoms in total. The summed E-state index contributed by atoms with van der Waals surface area (Å²) < 4.78 is 0. The van der Waals surface area contributed by atoms with E-state index in [1.165, 1.54) is 0 Å². The average molecular weight is 264 g/mol. The van der Waals surface area contributed by atoms with Crippen LogP contribution in [0.2, 0.25) is 0 Å². The van der Waals surface area contributed by atoms with Crippen LogP contribution in [0.15, 0.2) is 24.3 Å². The molecule has 0 aliphatic heterocycles. The lowest BCUT2D eigenvalue weighted by atomic mass is 10.1. The first-order valence-corrected chi connectivity index (χ1v) is 6.35. The van der Waals surface area contributed by atoms with E-state index in [-0.39, 0.29) is 5.91 Å². The molecule has 0 unspecified atom stereocenters. The maximum Gasteiger partial charge on any atom is 0.326 e. The molecule has 5 heteroatoms.